The van der Waals surface area contributed by atoms with Crippen LogP contribution < -0.4 is 0 Å². The predicted octanol–water partition coefficient (Wildman–Crippen LogP) is 3.58. The largest absolute Gasteiger partial charge is 0.459 e. The van der Waals surface area contributed by atoms with Crippen molar-refractivity contribution in [2.75, 3.05) is 6.61 Å². The molecule has 0 spiro atoms. The molecule has 0 aromatic heterocycles. The van der Waals surface area contributed by atoms with E-state index in [-0.39, 0.29) is 12.1 Å². The highest BCUT2D eigenvalue weighted by Crippen LogP contribution is 2.20. The zero-order valence-corrected chi connectivity index (χ0v) is 11.8. The number of benzene rings is 2. The number of carbonyl (C=O) groups is 1. The van der Waals surface area contributed by atoms with Crippen molar-refractivity contribution >= 4 is 5.97 Å². The molecule has 3 nitrogen and oxygen atoms in total. The zero-order chi connectivity index (χ0) is 14.5. The van der Waals surface area contributed by atoms with Crippen LogP contribution in [0, 0.1) is 0 Å². The van der Waals surface area contributed by atoms with E-state index in [1.165, 1.54) is 5.56 Å². The second kappa shape index (κ2) is 6.55. The summed E-state index contributed by atoms with van der Waals surface area (Å²) >= 11 is 0. The van der Waals surface area contributed by atoms with Crippen molar-refractivity contribution in [2.45, 2.75) is 25.6 Å². The lowest BCUT2D eigenvalue weighted by molar-refractivity contribution is -0.155. The second-order valence-electron chi connectivity index (χ2n) is 5.17. The SMILES string of the molecule is O=C(OCc1ccc(-c2ccccc2)cc1)[C@@H]1CCCO1. The Morgan fingerprint density at radius 2 is 1.76 bits per heavy atom. The van der Waals surface area contributed by atoms with E-state index in [0.29, 0.717) is 13.2 Å². The molecule has 3 rings (SSSR count). The molecule has 0 bridgehead atoms. The molecule has 21 heavy (non-hydrogen) atoms. The maximum atomic E-state index is 11.8. The van der Waals surface area contributed by atoms with Gasteiger partial charge < -0.3 is 9.47 Å². The minimum absolute atomic E-state index is 0.250. The smallest absolute Gasteiger partial charge is 0.335 e. The molecule has 1 fully saturated rings. The second-order valence-corrected chi connectivity index (χ2v) is 5.17. The van der Waals surface area contributed by atoms with Crippen LogP contribution in [0.4, 0.5) is 0 Å². The number of hydrogen-bond acceptors (Lipinski definition) is 3. The summed E-state index contributed by atoms with van der Waals surface area (Å²) < 4.78 is 10.6. The molecule has 0 aliphatic carbocycles. The third kappa shape index (κ3) is 3.50. The monoisotopic (exact) mass is 282 g/mol. The summed E-state index contributed by atoms with van der Waals surface area (Å²) in [4.78, 5) is 11.8. The molecule has 108 valence electrons. The Morgan fingerprint density at radius 1 is 1.05 bits per heavy atom. The van der Waals surface area contributed by atoms with Gasteiger partial charge >= 0.3 is 5.97 Å². The Morgan fingerprint density at radius 3 is 2.43 bits per heavy atom. The Balaban J connectivity index is 1.58. The van der Waals surface area contributed by atoms with E-state index in [1.807, 2.05) is 42.5 Å². The first kappa shape index (κ1) is 13.8. The van der Waals surface area contributed by atoms with Crippen molar-refractivity contribution in [3.63, 3.8) is 0 Å². The first-order chi connectivity index (χ1) is 10.3. The van der Waals surface area contributed by atoms with Gasteiger partial charge in [0, 0.05) is 6.61 Å². The van der Waals surface area contributed by atoms with Gasteiger partial charge in [-0.1, -0.05) is 54.6 Å². The van der Waals surface area contributed by atoms with Gasteiger partial charge in [-0.3, -0.25) is 0 Å². The molecule has 1 heterocycles. The highest BCUT2D eigenvalue weighted by molar-refractivity contribution is 5.75. The number of hydrogen-bond donors (Lipinski definition) is 0. The van der Waals surface area contributed by atoms with Gasteiger partial charge in [-0.05, 0) is 29.5 Å². The Hall–Kier alpha value is -2.13. The molecule has 0 N–H and O–H groups in total. The molecule has 1 atom stereocenters. The molecule has 1 aliphatic heterocycles. The first-order valence-electron chi connectivity index (χ1n) is 7.25. The molecule has 1 saturated heterocycles. The minimum atomic E-state index is -0.367. The molecule has 2 aromatic carbocycles. The third-order valence-electron chi connectivity index (χ3n) is 3.63. The Bertz CT molecular complexity index is 584. The fourth-order valence-electron chi connectivity index (χ4n) is 2.43. The molecule has 2 aromatic rings. The molecule has 0 amide bonds. The van der Waals surface area contributed by atoms with E-state index < -0.39 is 0 Å². The lowest BCUT2D eigenvalue weighted by Crippen LogP contribution is -2.21. The topological polar surface area (TPSA) is 35.5 Å². The van der Waals surface area contributed by atoms with Gasteiger partial charge in [0.1, 0.15) is 6.61 Å². The zero-order valence-electron chi connectivity index (χ0n) is 11.8. The molecule has 3 heteroatoms. The number of ether oxygens (including phenoxy) is 2. The van der Waals surface area contributed by atoms with Crippen molar-refractivity contribution in [3.05, 3.63) is 60.2 Å². The van der Waals surface area contributed by atoms with Gasteiger partial charge in [-0.2, -0.15) is 0 Å². The lowest BCUT2D eigenvalue weighted by Gasteiger charge is -2.10. The molecular weight excluding hydrogens is 264 g/mol. The van der Waals surface area contributed by atoms with Gasteiger partial charge in [0.2, 0.25) is 0 Å². The van der Waals surface area contributed by atoms with Crippen LogP contribution in [0.25, 0.3) is 11.1 Å². The van der Waals surface area contributed by atoms with Crippen LogP contribution in [0.1, 0.15) is 18.4 Å². The van der Waals surface area contributed by atoms with Crippen molar-refractivity contribution in [1.29, 1.82) is 0 Å². The van der Waals surface area contributed by atoms with Crippen LogP contribution in [-0.4, -0.2) is 18.7 Å². The average molecular weight is 282 g/mol. The fraction of sp³-hybridized carbons (Fsp3) is 0.278. The summed E-state index contributed by atoms with van der Waals surface area (Å²) in [6, 6.07) is 18.3. The van der Waals surface area contributed by atoms with E-state index >= 15 is 0 Å². The van der Waals surface area contributed by atoms with E-state index in [2.05, 4.69) is 12.1 Å². The number of esters is 1. The van der Waals surface area contributed by atoms with Gasteiger partial charge in [0.25, 0.3) is 0 Å². The highest BCUT2D eigenvalue weighted by Gasteiger charge is 2.24. The predicted molar refractivity (Wildman–Crippen MR) is 80.6 cm³/mol. The summed E-state index contributed by atoms with van der Waals surface area (Å²) in [5, 5.41) is 0. The summed E-state index contributed by atoms with van der Waals surface area (Å²) in [6.45, 7) is 0.958. The quantitative estimate of drug-likeness (QED) is 0.804. The van der Waals surface area contributed by atoms with Crippen molar-refractivity contribution < 1.29 is 14.3 Å². The summed E-state index contributed by atoms with van der Waals surface area (Å²) in [6.07, 6.45) is 1.34. The van der Waals surface area contributed by atoms with E-state index in [9.17, 15) is 4.79 Å². The molecule has 0 saturated carbocycles. The highest BCUT2D eigenvalue weighted by atomic mass is 16.6. The number of rotatable bonds is 4. The van der Waals surface area contributed by atoms with Crippen LogP contribution >= 0.6 is 0 Å². The molecule has 0 radical (unpaired) electrons. The first-order valence-corrected chi connectivity index (χ1v) is 7.25. The van der Waals surface area contributed by atoms with E-state index in [0.717, 1.165) is 24.0 Å². The van der Waals surface area contributed by atoms with Crippen LogP contribution in [0.3, 0.4) is 0 Å². The normalized spacial score (nSPS) is 17.6. The van der Waals surface area contributed by atoms with Crippen LogP contribution in [0.5, 0.6) is 0 Å². The molecular formula is C18H18O3. The third-order valence-corrected chi connectivity index (χ3v) is 3.63. The van der Waals surface area contributed by atoms with Crippen LogP contribution in [0.15, 0.2) is 54.6 Å². The maximum absolute atomic E-state index is 11.8. The molecule has 1 aliphatic rings. The van der Waals surface area contributed by atoms with Crippen molar-refractivity contribution in [3.8, 4) is 11.1 Å². The van der Waals surface area contributed by atoms with Gasteiger partial charge in [0.05, 0.1) is 0 Å². The van der Waals surface area contributed by atoms with Gasteiger partial charge in [-0.25, -0.2) is 4.79 Å². The summed E-state index contributed by atoms with van der Waals surface area (Å²) in [5.74, 6) is -0.250. The fourth-order valence-corrected chi connectivity index (χ4v) is 2.43. The number of carbonyl (C=O) groups excluding carboxylic acids is 1. The lowest BCUT2D eigenvalue weighted by atomic mass is 10.0. The summed E-state index contributed by atoms with van der Waals surface area (Å²) in [5.41, 5.74) is 3.33. The standard InChI is InChI=1S/C18H18O3/c19-18(17-7-4-12-20-17)21-13-14-8-10-16(11-9-14)15-5-2-1-3-6-15/h1-3,5-6,8-11,17H,4,7,12-13H2/t17-/m0/s1. The van der Waals surface area contributed by atoms with Gasteiger partial charge in [-0.15, -0.1) is 0 Å². The van der Waals surface area contributed by atoms with Gasteiger partial charge in [0.15, 0.2) is 6.10 Å². The van der Waals surface area contributed by atoms with Crippen molar-refractivity contribution in [1.82, 2.24) is 0 Å². The Kier molecular flexibility index (Phi) is 4.31. The van der Waals surface area contributed by atoms with Crippen molar-refractivity contribution in [2.24, 2.45) is 0 Å². The van der Waals surface area contributed by atoms with Crippen LogP contribution in [-0.2, 0) is 20.9 Å². The van der Waals surface area contributed by atoms with Crippen LogP contribution in [0.2, 0.25) is 0 Å². The maximum Gasteiger partial charge on any atom is 0.335 e. The molecule has 0 unspecified atom stereocenters. The average Bonchev–Trinajstić information content (AvgIpc) is 3.08. The minimum Gasteiger partial charge on any atom is -0.459 e. The Labute approximate surface area is 124 Å². The van der Waals surface area contributed by atoms with E-state index in [1.54, 1.807) is 0 Å². The summed E-state index contributed by atoms with van der Waals surface area (Å²) in [7, 11) is 0. The van der Waals surface area contributed by atoms with E-state index in [4.69, 9.17) is 9.47 Å².